The Bertz CT molecular complexity index is 784. The van der Waals surface area contributed by atoms with Crippen molar-refractivity contribution in [2.75, 3.05) is 23.4 Å². The molecule has 1 aromatic carbocycles. The van der Waals surface area contributed by atoms with Gasteiger partial charge in [0.1, 0.15) is 5.69 Å². The first-order chi connectivity index (χ1) is 13.0. The quantitative estimate of drug-likeness (QED) is 0.625. The maximum absolute atomic E-state index is 11.5. The zero-order valence-electron chi connectivity index (χ0n) is 15.4. The lowest BCUT2D eigenvalue weighted by Gasteiger charge is -2.54. The number of aliphatic hydroxyl groups is 1. The molecule has 7 nitrogen and oxygen atoms in total. The van der Waals surface area contributed by atoms with E-state index in [1.54, 1.807) is 6.07 Å². The van der Waals surface area contributed by atoms with Gasteiger partial charge in [0.2, 0.25) is 0 Å². The van der Waals surface area contributed by atoms with Gasteiger partial charge in [-0.15, -0.1) is 0 Å². The van der Waals surface area contributed by atoms with Crippen LogP contribution in [0.3, 0.4) is 0 Å². The van der Waals surface area contributed by atoms with Gasteiger partial charge in [0, 0.05) is 42.4 Å². The molecular weight excluding hydrogens is 344 g/mol. The van der Waals surface area contributed by atoms with Crippen molar-refractivity contribution in [2.24, 2.45) is 22.9 Å². The SMILES string of the molecule is O=[N+]([O-])c1ccc(N2CCCC2)cc1NN=C1[C@@H]2CC3C[C@@H]1CC(O)(C3)C2. The van der Waals surface area contributed by atoms with Crippen LogP contribution in [0.1, 0.15) is 44.9 Å². The highest BCUT2D eigenvalue weighted by atomic mass is 16.6. The Morgan fingerprint density at radius 3 is 2.52 bits per heavy atom. The second kappa shape index (κ2) is 6.19. The summed E-state index contributed by atoms with van der Waals surface area (Å²) in [5.41, 5.74) is 5.18. The molecule has 5 aliphatic rings. The Balaban J connectivity index is 1.42. The number of rotatable bonds is 4. The van der Waals surface area contributed by atoms with Gasteiger partial charge in [-0.2, -0.15) is 5.10 Å². The molecule has 0 spiro atoms. The molecule has 1 heterocycles. The molecule has 1 saturated heterocycles. The number of benzene rings is 1. The van der Waals surface area contributed by atoms with E-state index in [1.807, 2.05) is 12.1 Å². The predicted molar refractivity (Wildman–Crippen MR) is 104 cm³/mol. The number of anilines is 2. The fraction of sp³-hybridized carbons (Fsp3) is 0.650. The Labute approximate surface area is 158 Å². The summed E-state index contributed by atoms with van der Waals surface area (Å²) < 4.78 is 0. The number of nitrogens with zero attached hydrogens (tertiary/aromatic N) is 3. The van der Waals surface area contributed by atoms with E-state index in [1.165, 1.54) is 0 Å². The summed E-state index contributed by atoms with van der Waals surface area (Å²) in [7, 11) is 0. The van der Waals surface area contributed by atoms with E-state index >= 15 is 0 Å². The molecule has 2 N–H and O–H groups in total. The summed E-state index contributed by atoms with van der Waals surface area (Å²) in [5, 5.41) is 26.8. The van der Waals surface area contributed by atoms with Crippen molar-refractivity contribution in [1.29, 1.82) is 0 Å². The highest BCUT2D eigenvalue weighted by molar-refractivity contribution is 5.92. The minimum Gasteiger partial charge on any atom is -0.390 e. The Hall–Kier alpha value is -2.15. The largest absolute Gasteiger partial charge is 0.390 e. The van der Waals surface area contributed by atoms with Crippen LogP contribution in [0.4, 0.5) is 17.1 Å². The van der Waals surface area contributed by atoms with Crippen molar-refractivity contribution < 1.29 is 10.0 Å². The van der Waals surface area contributed by atoms with Gasteiger partial charge in [-0.25, -0.2) is 0 Å². The lowest BCUT2D eigenvalue weighted by Crippen LogP contribution is -2.55. The molecule has 144 valence electrons. The normalized spacial score (nSPS) is 34.2. The van der Waals surface area contributed by atoms with Crippen LogP contribution in [0.2, 0.25) is 0 Å². The molecule has 4 saturated carbocycles. The second-order valence-corrected chi connectivity index (χ2v) is 8.87. The number of hydrazone groups is 1. The van der Waals surface area contributed by atoms with Crippen LogP contribution in [0, 0.1) is 27.9 Å². The minimum atomic E-state index is -0.503. The van der Waals surface area contributed by atoms with E-state index in [9.17, 15) is 15.2 Å². The van der Waals surface area contributed by atoms with Crippen molar-refractivity contribution in [3.63, 3.8) is 0 Å². The van der Waals surface area contributed by atoms with Crippen LogP contribution in [-0.4, -0.2) is 34.4 Å². The van der Waals surface area contributed by atoms with Crippen molar-refractivity contribution >= 4 is 22.8 Å². The molecule has 0 radical (unpaired) electrons. The van der Waals surface area contributed by atoms with Gasteiger partial charge in [-0.05, 0) is 63.0 Å². The molecule has 0 aromatic heterocycles. The van der Waals surface area contributed by atoms with Gasteiger partial charge in [-0.1, -0.05) is 0 Å². The fourth-order valence-corrected chi connectivity index (χ4v) is 5.98. The van der Waals surface area contributed by atoms with E-state index in [2.05, 4.69) is 15.4 Å². The van der Waals surface area contributed by atoms with Gasteiger partial charge in [0.05, 0.1) is 10.5 Å². The van der Waals surface area contributed by atoms with Gasteiger partial charge in [0.25, 0.3) is 5.69 Å². The van der Waals surface area contributed by atoms with Gasteiger partial charge < -0.3 is 10.0 Å². The smallest absolute Gasteiger partial charge is 0.294 e. The lowest BCUT2D eigenvalue weighted by molar-refractivity contribution is -0.383. The molecule has 1 aliphatic heterocycles. The van der Waals surface area contributed by atoms with Crippen molar-refractivity contribution in [3.8, 4) is 0 Å². The highest BCUT2D eigenvalue weighted by Gasteiger charge is 2.53. The van der Waals surface area contributed by atoms with Crippen LogP contribution in [0.25, 0.3) is 0 Å². The third-order valence-electron chi connectivity index (χ3n) is 6.95. The predicted octanol–water partition coefficient (Wildman–Crippen LogP) is 3.53. The number of nitro benzene ring substituents is 1. The summed E-state index contributed by atoms with van der Waals surface area (Å²) >= 11 is 0. The first-order valence-corrected chi connectivity index (χ1v) is 10.1. The lowest BCUT2D eigenvalue weighted by atomic mass is 9.53. The van der Waals surface area contributed by atoms with E-state index in [0.717, 1.165) is 69.4 Å². The minimum absolute atomic E-state index is 0.0599. The molecule has 27 heavy (non-hydrogen) atoms. The zero-order valence-corrected chi connectivity index (χ0v) is 15.4. The van der Waals surface area contributed by atoms with E-state index in [0.29, 0.717) is 23.4 Å². The van der Waals surface area contributed by atoms with E-state index in [4.69, 9.17) is 0 Å². The third kappa shape index (κ3) is 2.98. The topological polar surface area (TPSA) is 91.0 Å². The Kier molecular flexibility index (Phi) is 3.89. The molecule has 2 atom stereocenters. The summed E-state index contributed by atoms with van der Waals surface area (Å²) in [4.78, 5) is 13.4. The Morgan fingerprint density at radius 1 is 1.19 bits per heavy atom. The molecule has 4 aliphatic carbocycles. The van der Waals surface area contributed by atoms with Gasteiger partial charge in [-0.3, -0.25) is 15.5 Å². The second-order valence-electron chi connectivity index (χ2n) is 8.87. The van der Waals surface area contributed by atoms with Crippen LogP contribution < -0.4 is 10.3 Å². The number of hydrogen-bond acceptors (Lipinski definition) is 6. The molecule has 6 rings (SSSR count). The van der Waals surface area contributed by atoms with Crippen molar-refractivity contribution in [3.05, 3.63) is 28.3 Å². The first kappa shape index (κ1) is 17.0. The average molecular weight is 370 g/mol. The molecule has 4 bridgehead atoms. The maximum atomic E-state index is 11.5. The molecule has 0 unspecified atom stereocenters. The summed E-state index contributed by atoms with van der Waals surface area (Å²) in [5.74, 6) is 1.24. The molecule has 1 aromatic rings. The molecular formula is C20H26N4O3. The van der Waals surface area contributed by atoms with Crippen LogP contribution >= 0.6 is 0 Å². The van der Waals surface area contributed by atoms with Crippen molar-refractivity contribution in [2.45, 2.75) is 50.5 Å². The van der Waals surface area contributed by atoms with Crippen LogP contribution in [0.15, 0.2) is 23.3 Å². The van der Waals surface area contributed by atoms with Gasteiger partial charge >= 0.3 is 0 Å². The zero-order chi connectivity index (χ0) is 18.6. The van der Waals surface area contributed by atoms with Crippen LogP contribution in [0.5, 0.6) is 0 Å². The Morgan fingerprint density at radius 2 is 1.89 bits per heavy atom. The standard InChI is InChI=1S/C20H26N4O3/c25-20-10-13-7-14(11-20)19(15(8-13)12-20)22-21-17-9-16(23-5-1-2-6-23)3-4-18(17)24(26)27/h3-4,9,13-15,21,25H,1-2,5-8,10-12H2/t13?,14-,15-,20?/m1/s1. The summed E-state index contributed by atoms with van der Waals surface area (Å²) in [6, 6.07) is 5.27. The van der Waals surface area contributed by atoms with E-state index in [-0.39, 0.29) is 10.6 Å². The first-order valence-electron chi connectivity index (χ1n) is 10.1. The maximum Gasteiger partial charge on any atom is 0.294 e. The monoisotopic (exact) mass is 370 g/mol. The molecule has 7 heteroatoms. The number of hydrogen-bond donors (Lipinski definition) is 2. The third-order valence-corrected chi connectivity index (χ3v) is 6.95. The number of nitro groups is 1. The van der Waals surface area contributed by atoms with E-state index < -0.39 is 5.60 Å². The highest BCUT2D eigenvalue weighted by Crippen LogP contribution is 2.54. The van der Waals surface area contributed by atoms with Crippen molar-refractivity contribution in [1.82, 2.24) is 0 Å². The van der Waals surface area contributed by atoms with Crippen LogP contribution in [-0.2, 0) is 0 Å². The summed E-state index contributed by atoms with van der Waals surface area (Å²) in [6.45, 7) is 1.99. The average Bonchev–Trinajstić information content (AvgIpc) is 3.14. The number of nitrogens with one attached hydrogen (secondary N) is 1. The molecule has 5 fully saturated rings. The fourth-order valence-electron chi connectivity index (χ4n) is 5.98. The summed E-state index contributed by atoms with van der Waals surface area (Å²) in [6.07, 6.45) is 7.02. The van der Waals surface area contributed by atoms with Gasteiger partial charge in [0.15, 0.2) is 0 Å². The molecule has 0 amide bonds.